The maximum atomic E-state index is 5.31. The van der Waals surface area contributed by atoms with E-state index in [0.717, 1.165) is 45.1 Å². The van der Waals surface area contributed by atoms with Crippen LogP contribution in [0.3, 0.4) is 0 Å². The van der Waals surface area contributed by atoms with E-state index in [9.17, 15) is 0 Å². The molecule has 106 valence electrons. The lowest BCUT2D eigenvalue weighted by atomic mass is 10.3. The zero-order chi connectivity index (χ0) is 12.6. The number of para-hydroxylation sites is 1. The van der Waals surface area contributed by atoms with Gasteiger partial charge in [-0.05, 0) is 24.4 Å². The van der Waals surface area contributed by atoms with Gasteiger partial charge in [0.15, 0.2) is 5.11 Å². The number of benzene rings is 1. The van der Waals surface area contributed by atoms with Gasteiger partial charge in [-0.15, -0.1) is 12.4 Å². The molecule has 0 radical (unpaired) electrons. The van der Waals surface area contributed by atoms with Crippen molar-refractivity contribution in [2.75, 3.05) is 44.7 Å². The third kappa shape index (κ3) is 6.20. The average molecular weight is 302 g/mol. The SMILES string of the molecule is Cl.S=C(NCCN1CCOCC1)Nc1ccccc1. The number of halogens is 1. The smallest absolute Gasteiger partial charge is 0.170 e. The Bertz CT molecular complexity index is 371. The van der Waals surface area contributed by atoms with Crippen molar-refractivity contribution in [1.82, 2.24) is 10.2 Å². The molecule has 0 spiro atoms. The van der Waals surface area contributed by atoms with E-state index < -0.39 is 0 Å². The third-order valence-electron chi connectivity index (χ3n) is 2.85. The van der Waals surface area contributed by atoms with Gasteiger partial charge in [0.1, 0.15) is 0 Å². The molecule has 1 aromatic carbocycles. The summed E-state index contributed by atoms with van der Waals surface area (Å²) in [5.41, 5.74) is 1.02. The van der Waals surface area contributed by atoms with E-state index in [2.05, 4.69) is 15.5 Å². The summed E-state index contributed by atoms with van der Waals surface area (Å²) in [5, 5.41) is 7.05. The summed E-state index contributed by atoms with van der Waals surface area (Å²) >= 11 is 5.24. The van der Waals surface area contributed by atoms with E-state index in [4.69, 9.17) is 17.0 Å². The number of hydrogen-bond acceptors (Lipinski definition) is 3. The van der Waals surface area contributed by atoms with Gasteiger partial charge in [0, 0.05) is 31.9 Å². The van der Waals surface area contributed by atoms with Gasteiger partial charge in [-0.25, -0.2) is 0 Å². The van der Waals surface area contributed by atoms with Gasteiger partial charge in [-0.1, -0.05) is 18.2 Å². The molecule has 0 amide bonds. The number of hydrogen-bond donors (Lipinski definition) is 2. The summed E-state index contributed by atoms with van der Waals surface area (Å²) in [6, 6.07) is 9.95. The average Bonchev–Trinajstić information content (AvgIpc) is 2.41. The van der Waals surface area contributed by atoms with E-state index in [1.807, 2.05) is 30.3 Å². The van der Waals surface area contributed by atoms with Crippen LogP contribution in [0.2, 0.25) is 0 Å². The van der Waals surface area contributed by atoms with Gasteiger partial charge >= 0.3 is 0 Å². The number of nitrogens with one attached hydrogen (secondary N) is 2. The number of morpholine rings is 1. The largest absolute Gasteiger partial charge is 0.379 e. The summed E-state index contributed by atoms with van der Waals surface area (Å²) < 4.78 is 5.31. The van der Waals surface area contributed by atoms with Crippen molar-refractivity contribution in [2.45, 2.75) is 0 Å². The molecule has 0 saturated carbocycles. The minimum Gasteiger partial charge on any atom is -0.379 e. The Morgan fingerprint density at radius 3 is 2.58 bits per heavy atom. The molecule has 0 unspecified atom stereocenters. The first-order valence-corrected chi connectivity index (χ1v) is 6.65. The number of thiocarbonyl (C=S) groups is 1. The van der Waals surface area contributed by atoms with Crippen molar-refractivity contribution in [3.8, 4) is 0 Å². The first kappa shape index (κ1) is 16.2. The molecule has 1 saturated heterocycles. The number of ether oxygens (including phenoxy) is 1. The van der Waals surface area contributed by atoms with Crippen LogP contribution in [-0.2, 0) is 4.74 Å². The molecule has 0 bridgehead atoms. The highest BCUT2D eigenvalue weighted by atomic mass is 35.5. The molecule has 2 rings (SSSR count). The van der Waals surface area contributed by atoms with Crippen molar-refractivity contribution >= 4 is 35.4 Å². The molecule has 2 N–H and O–H groups in total. The lowest BCUT2D eigenvalue weighted by Crippen LogP contribution is -2.42. The van der Waals surface area contributed by atoms with Gasteiger partial charge < -0.3 is 15.4 Å². The standard InChI is InChI=1S/C13H19N3OS.ClH/c18-13(15-12-4-2-1-3-5-12)14-6-7-16-8-10-17-11-9-16;/h1-5H,6-11H2,(H2,14,15,18);1H. The maximum Gasteiger partial charge on any atom is 0.170 e. The second kappa shape index (κ2) is 9.09. The zero-order valence-electron chi connectivity index (χ0n) is 10.8. The molecule has 1 aliphatic heterocycles. The van der Waals surface area contributed by atoms with Gasteiger partial charge in [0.2, 0.25) is 0 Å². The highest BCUT2D eigenvalue weighted by Gasteiger charge is 2.09. The molecule has 1 fully saturated rings. The van der Waals surface area contributed by atoms with Crippen LogP contribution in [-0.4, -0.2) is 49.4 Å². The van der Waals surface area contributed by atoms with E-state index in [1.54, 1.807) is 0 Å². The van der Waals surface area contributed by atoms with E-state index >= 15 is 0 Å². The fourth-order valence-corrected chi connectivity index (χ4v) is 2.07. The second-order valence-corrected chi connectivity index (χ2v) is 4.61. The molecule has 6 heteroatoms. The number of anilines is 1. The van der Waals surface area contributed by atoms with Crippen LogP contribution in [0.5, 0.6) is 0 Å². The Labute approximate surface area is 125 Å². The lowest BCUT2D eigenvalue weighted by Gasteiger charge is -2.26. The summed E-state index contributed by atoms with van der Waals surface area (Å²) in [5.74, 6) is 0. The Morgan fingerprint density at radius 2 is 1.89 bits per heavy atom. The molecule has 1 aromatic rings. The molecule has 0 aliphatic carbocycles. The van der Waals surface area contributed by atoms with Crippen LogP contribution >= 0.6 is 24.6 Å². The summed E-state index contributed by atoms with van der Waals surface area (Å²) in [4.78, 5) is 2.38. The van der Waals surface area contributed by atoms with Gasteiger partial charge in [-0.2, -0.15) is 0 Å². The third-order valence-corrected chi connectivity index (χ3v) is 3.10. The van der Waals surface area contributed by atoms with Crippen LogP contribution in [0.4, 0.5) is 5.69 Å². The fourth-order valence-electron chi connectivity index (χ4n) is 1.85. The quantitative estimate of drug-likeness (QED) is 0.828. The summed E-state index contributed by atoms with van der Waals surface area (Å²) in [6.07, 6.45) is 0. The minimum absolute atomic E-state index is 0. The second-order valence-electron chi connectivity index (χ2n) is 4.20. The fraction of sp³-hybridized carbons (Fsp3) is 0.462. The molecular formula is C13H20ClN3OS. The summed E-state index contributed by atoms with van der Waals surface area (Å²) in [6.45, 7) is 5.57. The number of rotatable bonds is 4. The Hall–Kier alpha value is -0.880. The predicted molar refractivity (Wildman–Crippen MR) is 85.2 cm³/mol. The molecule has 1 heterocycles. The first-order chi connectivity index (χ1) is 8.84. The molecule has 19 heavy (non-hydrogen) atoms. The maximum absolute atomic E-state index is 5.31. The topological polar surface area (TPSA) is 36.5 Å². The van der Waals surface area contributed by atoms with Gasteiger partial charge in [-0.3, -0.25) is 4.90 Å². The monoisotopic (exact) mass is 301 g/mol. The summed E-state index contributed by atoms with van der Waals surface area (Å²) in [7, 11) is 0. The minimum atomic E-state index is 0. The first-order valence-electron chi connectivity index (χ1n) is 6.24. The van der Waals surface area contributed by atoms with Crippen LogP contribution in [0, 0.1) is 0 Å². The molecule has 0 aromatic heterocycles. The van der Waals surface area contributed by atoms with Crippen molar-refractivity contribution in [3.05, 3.63) is 30.3 Å². The van der Waals surface area contributed by atoms with Crippen molar-refractivity contribution in [3.63, 3.8) is 0 Å². The molecule has 4 nitrogen and oxygen atoms in total. The Kier molecular flexibility index (Phi) is 7.74. The molecule has 0 atom stereocenters. The van der Waals surface area contributed by atoms with Gasteiger partial charge in [0.25, 0.3) is 0 Å². The normalized spacial score (nSPS) is 15.4. The Morgan fingerprint density at radius 1 is 1.21 bits per heavy atom. The van der Waals surface area contributed by atoms with E-state index in [-0.39, 0.29) is 12.4 Å². The van der Waals surface area contributed by atoms with Crippen LogP contribution in [0.25, 0.3) is 0 Å². The van der Waals surface area contributed by atoms with E-state index in [0.29, 0.717) is 5.11 Å². The molecule has 1 aliphatic rings. The van der Waals surface area contributed by atoms with E-state index in [1.165, 1.54) is 0 Å². The highest BCUT2D eigenvalue weighted by Crippen LogP contribution is 2.04. The van der Waals surface area contributed by atoms with Crippen LogP contribution in [0.15, 0.2) is 30.3 Å². The highest BCUT2D eigenvalue weighted by molar-refractivity contribution is 7.80. The Balaban J connectivity index is 0.00000180. The van der Waals surface area contributed by atoms with Crippen molar-refractivity contribution in [2.24, 2.45) is 0 Å². The predicted octanol–water partition coefficient (Wildman–Crippen LogP) is 1.73. The number of nitrogens with zero attached hydrogens (tertiary/aromatic N) is 1. The van der Waals surface area contributed by atoms with Gasteiger partial charge in [0.05, 0.1) is 13.2 Å². The van der Waals surface area contributed by atoms with Crippen molar-refractivity contribution < 1.29 is 4.74 Å². The molecular weight excluding hydrogens is 282 g/mol. The zero-order valence-corrected chi connectivity index (χ0v) is 12.4. The van der Waals surface area contributed by atoms with Crippen LogP contribution in [0.1, 0.15) is 0 Å². The van der Waals surface area contributed by atoms with Crippen molar-refractivity contribution in [1.29, 1.82) is 0 Å². The lowest BCUT2D eigenvalue weighted by molar-refractivity contribution is 0.0389. The van der Waals surface area contributed by atoms with Crippen LogP contribution < -0.4 is 10.6 Å².